The van der Waals surface area contributed by atoms with Gasteiger partial charge in [0.05, 0.1) is 0 Å². The van der Waals surface area contributed by atoms with Crippen molar-refractivity contribution in [3.05, 3.63) is 0 Å². The number of hydrogen-bond acceptors (Lipinski definition) is 1. The lowest BCUT2D eigenvalue weighted by Crippen LogP contribution is -2.20. The Balaban J connectivity index is 1.39. The summed E-state index contributed by atoms with van der Waals surface area (Å²) in [4.78, 5) is 12.3. The second-order valence-electron chi connectivity index (χ2n) is 7.68. The molecule has 2 saturated carbocycles. The predicted octanol–water partition coefficient (Wildman–Crippen LogP) is 6.30. The van der Waals surface area contributed by atoms with Gasteiger partial charge in [-0.3, -0.25) is 4.79 Å². The zero-order valence-electron chi connectivity index (χ0n) is 14.2. The molecule has 0 aromatic carbocycles. The fraction of sp³-hybridized carbons (Fsp3) is 0.950. The average molecular weight is 293 g/mol. The molecule has 0 amide bonds. The molecule has 1 nitrogen and oxygen atoms in total. The van der Waals surface area contributed by atoms with Crippen LogP contribution in [0.15, 0.2) is 0 Å². The van der Waals surface area contributed by atoms with E-state index in [2.05, 4.69) is 6.92 Å². The molecular weight excluding hydrogens is 256 g/mol. The molecule has 122 valence electrons. The van der Waals surface area contributed by atoms with Gasteiger partial charge in [0.15, 0.2) is 0 Å². The van der Waals surface area contributed by atoms with Gasteiger partial charge < -0.3 is 0 Å². The first-order valence-electron chi connectivity index (χ1n) is 9.84. The lowest BCUT2D eigenvalue weighted by atomic mass is 9.84. The van der Waals surface area contributed by atoms with Crippen LogP contribution in [0.4, 0.5) is 0 Å². The van der Waals surface area contributed by atoms with Crippen molar-refractivity contribution >= 4 is 5.78 Å². The van der Waals surface area contributed by atoms with Gasteiger partial charge in [-0.2, -0.15) is 0 Å². The summed E-state index contributed by atoms with van der Waals surface area (Å²) in [5, 5.41) is 0. The van der Waals surface area contributed by atoms with Gasteiger partial charge in [-0.1, -0.05) is 71.1 Å². The maximum atomic E-state index is 12.3. The van der Waals surface area contributed by atoms with E-state index in [-0.39, 0.29) is 0 Å². The normalized spacial score (nSPS) is 27.4. The maximum Gasteiger partial charge on any atom is 0.136 e. The van der Waals surface area contributed by atoms with E-state index in [1.807, 2.05) is 0 Å². The molecule has 0 N–H and O–H groups in total. The highest BCUT2D eigenvalue weighted by Gasteiger charge is 2.42. The number of carbonyl (C=O) groups excluding carboxylic acids is 1. The molecule has 3 unspecified atom stereocenters. The predicted molar refractivity (Wildman–Crippen MR) is 90.4 cm³/mol. The fourth-order valence-corrected chi connectivity index (χ4v) is 4.61. The number of unbranched alkanes of at least 4 members (excludes halogenated alkanes) is 9. The molecule has 2 rings (SSSR count). The fourth-order valence-electron chi connectivity index (χ4n) is 4.61. The molecular formula is C20H36O. The highest BCUT2D eigenvalue weighted by molar-refractivity contribution is 5.81. The summed E-state index contributed by atoms with van der Waals surface area (Å²) in [7, 11) is 0. The van der Waals surface area contributed by atoms with Crippen LogP contribution < -0.4 is 0 Å². The molecule has 0 aromatic rings. The topological polar surface area (TPSA) is 17.1 Å². The first-order chi connectivity index (χ1) is 10.3. The third-order valence-electron chi connectivity index (χ3n) is 5.93. The van der Waals surface area contributed by atoms with Gasteiger partial charge in [-0.25, -0.2) is 0 Å². The summed E-state index contributed by atoms with van der Waals surface area (Å²) < 4.78 is 0. The van der Waals surface area contributed by atoms with E-state index in [0.29, 0.717) is 11.7 Å². The Morgan fingerprint density at radius 3 is 1.95 bits per heavy atom. The second-order valence-corrected chi connectivity index (χ2v) is 7.68. The molecule has 2 fully saturated rings. The van der Waals surface area contributed by atoms with Crippen LogP contribution >= 0.6 is 0 Å². The number of carbonyl (C=O) groups is 1. The Kier molecular flexibility index (Phi) is 7.82. The van der Waals surface area contributed by atoms with Crippen LogP contribution in [0, 0.1) is 17.8 Å². The van der Waals surface area contributed by atoms with Crippen LogP contribution in [-0.4, -0.2) is 5.78 Å². The van der Waals surface area contributed by atoms with Gasteiger partial charge in [-0.05, 0) is 37.5 Å². The minimum atomic E-state index is 0.474. The Morgan fingerprint density at radius 2 is 1.43 bits per heavy atom. The van der Waals surface area contributed by atoms with Crippen molar-refractivity contribution in [2.45, 2.75) is 103 Å². The quantitative estimate of drug-likeness (QED) is 0.386. The molecule has 0 spiro atoms. The number of hydrogen-bond donors (Lipinski definition) is 0. The van der Waals surface area contributed by atoms with E-state index in [9.17, 15) is 4.79 Å². The van der Waals surface area contributed by atoms with E-state index < -0.39 is 0 Å². The highest BCUT2D eigenvalue weighted by Crippen LogP contribution is 2.48. The summed E-state index contributed by atoms with van der Waals surface area (Å²) in [5.41, 5.74) is 0. The van der Waals surface area contributed by atoms with Gasteiger partial charge >= 0.3 is 0 Å². The van der Waals surface area contributed by atoms with E-state index in [0.717, 1.165) is 24.7 Å². The number of Topliss-reactive ketones (excluding diaryl/α,β-unsaturated/α-hetero) is 1. The van der Waals surface area contributed by atoms with Crippen molar-refractivity contribution in [1.29, 1.82) is 0 Å². The van der Waals surface area contributed by atoms with Gasteiger partial charge in [0.1, 0.15) is 5.78 Å². The molecule has 0 aliphatic heterocycles. The molecule has 1 heteroatoms. The molecule has 0 radical (unpaired) electrons. The van der Waals surface area contributed by atoms with E-state index >= 15 is 0 Å². The van der Waals surface area contributed by atoms with Gasteiger partial charge in [-0.15, -0.1) is 0 Å². The van der Waals surface area contributed by atoms with Crippen molar-refractivity contribution in [3.63, 3.8) is 0 Å². The Labute approximate surface area is 132 Å². The van der Waals surface area contributed by atoms with Crippen molar-refractivity contribution in [3.8, 4) is 0 Å². The van der Waals surface area contributed by atoms with Crippen molar-refractivity contribution in [1.82, 2.24) is 0 Å². The zero-order chi connectivity index (χ0) is 14.9. The maximum absolute atomic E-state index is 12.3. The van der Waals surface area contributed by atoms with Crippen molar-refractivity contribution in [2.24, 2.45) is 17.8 Å². The zero-order valence-corrected chi connectivity index (χ0v) is 14.2. The van der Waals surface area contributed by atoms with Crippen LogP contribution in [0.1, 0.15) is 103 Å². The van der Waals surface area contributed by atoms with Gasteiger partial charge in [0.25, 0.3) is 0 Å². The largest absolute Gasteiger partial charge is 0.299 e. The summed E-state index contributed by atoms with van der Waals surface area (Å²) in [6.07, 6.45) is 19.8. The second kappa shape index (κ2) is 9.64. The molecule has 2 bridgehead atoms. The first kappa shape index (κ1) is 17.0. The lowest BCUT2D eigenvalue weighted by Gasteiger charge is -2.20. The van der Waals surface area contributed by atoms with Crippen LogP contribution in [-0.2, 0) is 4.79 Å². The van der Waals surface area contributed by atoms with E-state index in [4.69, 9.17) is 0 Å². The molecule has 0 saturated heterocycles. The Hall–Kier alpha value is -0.330. The highest BCUT2D eigenvalue weighted by atomic mass is 16.1. The number of fused-ring (bicyclic) bond motifs is 2. The lowest BCUT2D eigenvalue weighted by molar-refractivity contribution is -0.124. The standard InChI is InChI=1S/C20H36O/c1-2-3-4-5-6-7-8-9-10-11-12-20(21)19-16-17-13-14-18(19)15-17/h17-19H,2-16H2,1H3. The van der Waals surface area contributed by atoms with Gasteiger partial charge in [0.2, 0.25) is 0 Å². The molecule has 0 heterocycles. The van der Waals surface area contributed by atoms with E-state index in [1.165, 1.54) is 83.5 Å². The van der Waals surface area contributed by atoms with E-state index in [1.54, 1.807) is 0 Å². The average Bonchev–Trinajstić information content (AvgIpc) is 3.12. The smallest absolute Gasteiger partial charge is 0.136 e. The minimum absolute atomic E-state index is 0.474. The molecule has 3 atom stereocenters. The molecule has 21 heavy (non-hydrogen) atoms. The van der Waals surface area contributed by atoms with Crippen molar-refractivity contribution < 1.29 is 4.79 Å². The number of ketones is 1. The third-order valence-corrected chi connectivity index (χ3v) is 5.93. The van der Waals surface area contributed by atoms with Gasteiger partial charge in [0, 0.05) is 12.3 Å². The third kappa shape index (κ3) is 5.75. The van der Waals surface area contributed by atoms with Crippen LogP contribution in [0.5, 0.6) is 0 Å². The summed E-state index contributed by atoms with van der Waals surface area (Å²) in [6.45, 7) is 2.28. The molecule has 2 aliphatic rings. The van der Waals surface area contributed by atoms with Crippen molar-refractivity contribution in [2.75, 3.05) is 0 Å². The SMILES string of the molecule is CCCCCCCCCCCCC(=O)C1CC2CCC1C2. The minimum Gasteiger partial charge on any atom is -0.299 e. The summed E-state index contributed by atoms with van der Waals surface area (Å²) in [5.74, 6) is 2.78. The van der Waals surface area contributed by atoms with Crippen LogP contribution in [0.25, 0.3) is 0 Å². The van der Waals surface area contributed by atoms with Crippen LogP contribution in [0.3, 0.4) is 0 Å². The van der Waals surface area contributed by atoms with Crippen LogP contribution in [0.2, 0.25) is 0 Å². The monoisotopic (exact) mass is 292 g/mol. The first-order valence-corrected chi connectivity index (χ1v) is 9.84. The number of rotatable bonds is 12. The Morgan fingerprint density at radius 1 is 0.810 bits per heavy atom. The molecule has 0 aromatic heterocycles. The Bertz CT molecular complexity index is 296. The summed E-state index contributed by atoms with van der Waals surface area (Å²) in [6, 6.07) is 0. The molecule has 2 aliphatic carbocycles. The summed E-state index contributed by atoms with van der Waals surface area (Å²) >= 11 is 0.